The zero-order chi connectivity index (χ0) is 21.8. The highest BCUT2D eigenvalue weighted by Gasteiger charge is 2.28. The molecule has 0 aromatic heterocycles. The topological polar surface area (TPSA) is 81.5 Å². The molecule has 7 heteroatoms. The Balaban J connectivity index is 1.34. The van der Waals surface area contributed by atoms with Gasteiger partial charge in [-0.25, -0.2) is 9.18 Å². The van der Waals surface area contributed by atoms with Crippen molar-refractivity contribution in [1.82, 2.24) is 5.32 Å². The van der Waals surface area contributed by atoms with Crippen molar-refractivity contribution in [2.24, 2.45) is 0 Å². The summed E-state index contributed by atoms with van der Waals surface area (Å²) >= 11 is 0. The summed E-state index contributed by atoms with van der Waals surface area (Å²) in [4.78, 5) is 22.3. The van der Waals surface area contributed by atoms with Gasteiger partial charge in [0.05, 0.1) is 4.92 Å². The van der Waals surface area contributed by atoms with Crippen molar-refractivity contribution in [2.75, 3.05) is 13.2 Å². The number of halogens is 1. The van der Waals surface area contributed by atoms with Crippen LogP contribution < -0.4 is 5.32 Å². The average Bonchev–Trinajstić information content (AvgIpc) is 3.10. The molecule has 0 unspecified atom stereocenters. The molecule has 0 heterocycles. The Morgan fingerprint density at radius 3 is 2.35 bits per heavy atom. The molecule has 0 aliphatic heterocycles. The average molecular weight is 418 g/mol. The highest BCUT2D eigenvalue weighted by atomic mass is 19.1. The van der Waals surface area contributed by atoms with Crippen LogP contribution in [0, 0.1) is 15.9 Å². The minimum absolute atomic E-state index is 0.0346. The number of fused-ring (bicyclic) bond motifs is 3. The molecule has 0 saturated heterocycles. The summed E-state index contributed by atoms with van der Waals surface area (Å²) < 4.78 is 19.2. The largest absolute Gasteiger partial charge is 0.449 e. The molecule has 1 aliphatic rings. The minimum Gasteiger partial charge on any atom is -0.449 e. The highest BCUT2D eigenvalue weighted by molar-refractivity contribution is 5.79. The van der Waals surface area contributed by atoms with Crippen molar-refractivity contribution in [3.05, 3.63) is 105 Å². The van der Waals surface area contributed by atoms with E-state index in [0.29, 0.717) is 0 Å². The Hall–Kier alpha value is -4.00. The molecule has 31 heavy (non-hydrogen) atoms. The maximum absolute atomic E-state index is 13.8. The van der Waals surface area contributed by atoms with Crippen LogP contribution in [0.2, 0.25) is 0 Å². The molecule has 0 saturated carbocycles. The lowest BCUT2D eigenvalue weighted by Gasteiger charge is -2.14. The SMILES string of the molecule is O=C(NCC=Cc1cc([N+](=O)[O-])ccc1F)OCC1c2ccccc2-c2ccccc21. The van der Waals surface area contributed by atoms with E-state index in [1.165, 1.54) is 12.2 Å². The molecule has 3 aromatic rings. The summed E-state index contributed by atoms with van der Waals surface area (Å²) in [7, 11) is 0. The lowest BCUT2D eigenvalue weighted by molar-refractivity contribution is -0.384. The summed E-state index contributed by atoms with van der Waals surface area (Å²) in [5, 5.41) is 13.4. The van der Waals surface area contributed by atoms with E-state index >= 15 is 0 Å². The lowest BCUT2D eigenvalue weighted by atomic mass is 9.98. The van der Waals surface area contributed by atoms with Crippen LogP contribution in [0.1, 0.15) is 22.6 Å². The van der Waals surface area contributed by atoms with Crippen LogP contribution in [0.4, 0.5) is 14.9 Å². The lowest BCUT2D eigenvalue weighted by Crippen LogP contribution is -2.26. The molecule has 4 rings (SSSR count). The second kappa shape index (κ2) is 8.79. The number of nitro benzene ring substituents is 1. The van der Waals surface area contributed by atoms with Gasteiger partial charge in [-0.2, -0.15) is 0 Å². The fraction of sp³-hybridized carbons (Fsp3) is 0.125. The number of amides is 1. The van der Waals surface area contributed by atoms with Crippen LogP contribution in [0.5, 0.6) is 0 Å². The van der Waals surface area contributed by atoms with Gasteiger partial charge >= 0.3 is 6.09 Å². The second-order valence-electron chi connectivity index (χ2n) is 7.07. The van der Waals surface area contributed by atoms with Crippen LogP contribution >= 0.6 is 0 Å². The number of benzene rings is 3. The van der Waals surface area contributed by atoms with Crippen molar-refractivity contribution in [2.45, 2.75) is 5.92 Å². The maximum Gasteiger partial charge on any atom is 0.407 e. The minimum atomic E-state index is -0.592. The summed E-state index contributed by atoms with van der Waals surface area (Å²) in [6, 6.07) is 19.4. The van der Waals surface area contributed by atoms with E-state index in [4.69, 9.17) is 4.74 Å². The Bertz CT molecular complexity index is 1130. The smallest absolute Gasteiger partial charge is 0.407 e. The van der Waals surface area contributed by atoms with E-state index in [1.54, 1.807) is 0 Å². The molecule has 1 aliphatic carbocycles. The number of carbonyl (C=O) groups excluding carboxylic acids is 1. The van der Waals surface area contributed by atoms with Gasteiger partial charge in [-0.1, -0.05) is 60.7 Å². The molecule has 6 nitrogen and oxygen atoms in total. The van der Waals surface area contributed by atoms with E-state index in [0.717, 1.165) is 40.5 Å². The van der Waals surface area contributed by atoms with E-state index in [-0.39, 0.29) is 30.3 Å². The van der Waals surface area contributed by atoms with Crippen molar-refractivity contribution in [3.8, 4) is 11.1 Å². The van der Waals surface area contributed by atoms with Gasteiger partial charge in [0.15, 0.2) is 0 Å². The number of carbonyl (C=O) groups is 1. The molecule has 0 radical (unpaired) electrons. The normalized spacial score (nSPS) is 12.4. The number of ether oxygens (including phenoxy) is 1. The number of rotatable bonds is 6. The Morgan fingerprint density at radius 2 is 1.71 bits per heavy atom. The molecule has 0 fully saturated rings. The third kappa shape index (κ3) is 4.30. The van der Waals surface area contributed by atoms with Gasteiger partial charge in [-0.05, 0) is 28.3 Å². The van der Waals surface area contributed by atoms with Gasteiger partial charge in [0.2, 0.25) is 0 Å². The first-order valence-corrected chi connectivity index (χ1v) is 9.74. The number of non-ortho nitro benzene ring substituents is 1. The predicted molar refractivity (Wildman–Crippen MR) is 115 cm³/mol. The van der Waals surface area contributed by atoms with Crippen LogP contribution in [-0.4, -0.2) is 24.2 Å². The molecule has 0 spiro atoms. The number of hydrogen-bond acceptors (Lipinski definition) is 4. The Labute approximate surface area is 178 Å². The van der Waals surface area contributed by atoms with Crippen molar-refractivity contribution < 1.29 is 18.8 Å². The number of nitrogens with zero attached hydrogens (tertiary/aromatic N) is 1. The Kier molecular flexibility index (Phi) is 5.75. The van der Waals surface area contributed by atoms with E-state index in [9.17, 15) is 19.3 Å². The van der Waals surface area contributed by atoms with E-state index in [2.05, 4.69) is 17.4 Å². The fourth-order valence-electron chi connectivity index (χ4n) is 3.75. The van der Waals surface area contributed by atoms with Crippen LogP contribution in [0.3, 0.4) is 0 Å². The molecule has 0 bridgehead atoms. The monoisotopic (exact) mass is 418 g/mol. The summed E-state index contributed by atoms with van der Waals surface area (Å²) in [6.07, 6.45) is 2.29. The number of hydrogen-bond donors (Lipinski definition) is 1. The molecule has 0 atom stereocenters. The standard InChI is InChI=1S/C24H19FN2O4/c25-23-12-11-17(27(29)30)14-16(23)6-5-13-26-24(28)31-15-22-20-9-3-1-7-18(20)19-8-2-4-10-21(19)22/h1-12,14,22H,13,15H2,(H,26,28). The first-order valence-electron chi connectivity index (χ1n) is 9.74. The number of nitro groups is 1. The fourth-order valence-corrected chi connectivity index (χ4v) is 3.75. The third-order valence-corrected chi connectivity index (χ3v) is 5.20. The number of nitrogens with one attached hydrogen (secondary N) is 1. The molecular formula is C24H19FN2O4. The maximum atomic E-state index is 13.8. The number of alkyl carbamates (subject to hydrolysis) is 1. The molecule has 156 valence electrons. The van der Waals surface area contributed by atoms with Gasteiger partial charge in [-0.15, -0.1) is 0 Å². The van der Waals surface area contributed by atoms with Crippen LogP contribution in [0.15, 0.2) is 72.8 Å². The molecule has 1 amide bonds. The molecular weight excluding hydrogens is 399 g/mol. The van der Waals surface area contributed by atoms with Gasteiger partial charge < -0.3 is 10.1 Å². The summed E-state index contributed by atoms with van der Waals surface area (Å²) in [5.74, 6) is -0.615. The zero-order valence-electron chi connectivity index (χ0n) is 16.5. The summed E-state index contributed by atoms with van der Waals surface area (Å²) in [5.41, 5.74) is 4.41. The second-order valence-corrected chi connectivity index (χ2v) is 7.07. The van der Waals surface area contributed by atoms with Crippen molar-refractivity contribution in [1.29, 1.82) is 0 Å². The van der Waals surface area contributed by atoms with Gasteiger partial charge in [-0.3, -0.25) is 10.1 Å². The first kappa shape index (κ1) is 20.3. The van der Waals surface area contributed by atoms with Gasteiger partial charge in [0.1, 0.15) is 12.4 Å². The van der Waals surface area contributed by atoms with Crippen LogP contribution in [-0.2, 0) is 4.74 Å². The third-order valence-electron chi connectivity index (χ3n) is 5.20. The van der Waals surface area contributed by atoms with E-state index < -0.39 is 16.8 Å². The quantitative estimate of drug-likeness (QED) is 0.436. The van der Waals surface area contributed by atoms with E-state index in [1.807, 2.05) is 36.4 Å². The first-order chi connectivity index (χ1) is 15.0. The van der Waals surface area contributed by atoms with Gasteiger partial charge in [0.25, 0.3) is 5.69 Å². The summed E-state index contributed by atoms with van der Waals surface area (Å²) in [6.45, 7) is 0.294. The van der Waals surface area contributed by atoms with Gasteiger partial charge in [0, 0.05) is 30.2 Å². The molecule has 3 aromatic carbocycles. The molecule has 1 N–H and O–H groups in total. The predicted octanol–water partition coefficient (Wildman–Crippen LogP) is 5.29. The highest BCUT2D eigenvalue weighted by Crippen LogP contribution is 2.44. The van der Waals surface area contributed by atoms with Crippen molar-refractivity contribution >= 4 is 17.9 Å². The Morgan fingerprint density at radius 1 is 1.06 bits per heavy atom. The van der Waals surface area contributed by atoms with Crippen molar-refractivity contribution in [3.63, 3.8) is 0 Å². The van der Waals surface area contributed by atoms with Crippen LogP contribution in [0.25, 0.3) is 17.2 Å². The zero-order valence-corrected chi connectivity index (χ0v) is 16.5.